The Hall–Kier alpha value is -2.51. The number of ether oxygens (including phenoxy) is 1. The zero-order valence-corrected chi connectivity index (χ0v) is 11.7. The maximum atomic E-state index is 12.1. The smallest absolute Gasteiger partial charge is 0.276 e. The van der Waals surface area contributed by atoms with Crippen LogP contribution in [0.4, 0.5) is 11.5 Å². The summed E-state index contributed by atoms with van der Waals surface area (Å²) in [6.07, 6.45) is 0.717. The molecule has 1 aromatic carbocycles. The minimum Gasteiger partial charge on any atom is -0.384 e. The van der Waals surface area contributed by atoms with Gasteiger partial charge in [-0.05, 0) is 30.2 Å². The summed E-state index contributed by atoms with van der Waals surface area (Å²) in [5.41, 5.74) is 4.31. The topological polar surface area (TPSA) is 102 Å². The van der Waals surface area contributed by atoms with Gasteiger partial charge in [-0.2, -0.15) is 0 Å². The quantitative estimate of drug-likeness (QED) is 0.545. The fourth-order valence-electron chi connectivity index (χ4n) is 1.79. The largest absolute Gasteiger partial charge is 0.384 e. The van der Waals surface area contributed by atoms with E-state index in [2.05, 4.69) is 20.9 Å². The lowest BCUT2D eigenvalue weighted by Crippen LogP contribution is -2.17. The predicted octanol–water partition coefficient (Wildman–Crippen LogP) is 1.20. The number of anilines is 2. The molecule has 0 aliphatic carbocycles. The van der Waals surface area contributed by atoms with Crippen molar-refractivity contribution in [2.75, 3.05) is 24.5 Å². The molecule has 0 aliphatic heterocycles. The Bertz CT molecular complexity index is 601. The van der Waals surface area contributed by atoms with Crippen LogP contribution in [0, 0.1) is 0 Å². The van der Waals surface area contributed by atoms with Crippen LogP contribution < -0.4 is 16.6 Å². The van der Waals surface area contributed by atoms with E-state index >= 15 is 0 Å². The van der Waals surface area contributed by atoms with Crippen LogP contribution in [0.25, 0.3) is 0 Å². The summed E-state index contributed by atoms with van der Waals surface area (Å²) in [6, 6.07) is 10.7. The first-order chi connectivity index (χ1) is 10.2. The first kappa shape index (κ1) is 14.9. The van der Waals surface area contributed by atoms with Crippen molar-refractivity contribution >= 4 is 17.4 Å². The zero-order chi connectivity index (χ0) is 15.1. The Kier molecular flexibility index (Phi) is 5.19. The molecule has 2 aromatic rings. The van der Waals surface area contributed by atoms with Gasteiger partial charge in [-0.3, -0.25) is 4.79 Å². The Morgan fingerprint density at radius 2 is 2.05 bits per heavy atom. The molecule has 0 radical (unpaired) electrons. The summed E-state index contributed by atoms with van der Waals surface area (Å²) in [5, 5.41) is 10.4. The molecule has 2 rings (SSSR count). The molecule has 4 N–H and O–H groups in total. The van der Waals surface area contributed by atoms with E-state index in [4.69, 9.17) is 10.6 Å². The van der Waals surface area contributed by atoms with E-state index in [1.54, 1.807) is 19.2 Å². The number of nitrogens with one attached hydrogen (secondary N) is 2. The van der Waals surface area contributed by atoms with Crippen LogP contribution >= 0.6 is 0 Å². The maximum Gasteiger partial charge on any atom is 0.276 e. The lowest BCUT2D eigenvalue weighted by molar-refractivity contribution is 0.102. The number of nitrogens with zero attached hydrogens (tertiary/aromatic N) is 2. The van der Waals surface area contributed by atoms with Gasteiger partial charge in [0.05, 0.1) is 6.61 Å². The SMILES string of the molecule is COCCc1ccccc1NC(=O)c1ccc(NN)nn1. The number of carbonyl (C=O) groups excluding carboxylic acids is 1. The third-order valence-corrected chi connectivity index (χ3v) is 2.89. The van der Waals surface area contributed by atoms with Gasteiger partial charge < -0.3 is 15.5 Å². The number of hydrazine groups is 1. The normalized spacial score (nSPS) is 10.2. The first-order valence-electron chi connectivity index (χ1n) is 6.43. The van der Waals surface area contributed by atoms with Gasteiger partial charge in [-0.25, -0.2) is 5.84 Å². The van der Waals surface area contributed by atoms with E-state index in [-0.39, 0.29) is 11.6 Å². The number of aromatic nitrogens is 2. The molecule has 0 bridgehead atoms. The number of amides is 1. The first-order valence-corrected chi connectivity index (χ1v) is 6.43. The molecular weight excluding hydrogens is 270 g/mol. The summed E-state index contributed by atoms with van der Waals surface area (Å²) >= 11 is 0. The van der Waals surface area contributed by atoms with Crippen molar-refractivity contribution in [1.29, 1.82) is 0 Å². The molecule has 1 heterocycles. The molecule has 0 saturated heterocycles. The summed E-state index contributed by atoms with van der Waals surface area (Å²) < 4.78 is 5.06. The van der Waals surface area contributed by atoms with Crippen LogP contribution in [0.5, 0.6) is 0 Å². The van der Waals surface area contributed by atoms with Gasteiger partial charge in [-0.15, -0.1) is 10.2 Å². The minimum absolute atomic E-state index is 0.218. The van der Waals surface area contributed by atoms with Crippen LogP contribution in [0.15, 0.2) is 36.4 Å². The Morgan fingerprint density at radius 1 is 1.24 bits per heavy atom. The molecule has 1 amide bonds. The Labute approximate surface area is 122 Å². The van der Waals surface area contributed by atoms with E-state index < -0.39 is 0 Å². The molecule has 7 nitrogen and oxygen atoms in total. The van der Waals surface area contributed by atoms with Gasteiger partial charge in [0.15, 0.2) is 11.5 Å². The van der Waals surface area contributed by atoms with E-state index in [9.17, 15) is 4.79 Å². The Morgan fingerprint density at radius 3 is 2.71 bits per heavy atom. The fraction of sp³-hybridized carbons (Fsp3) is 0.214. The number of rotatable bonds is 6. The summed E-state index contributed by atoms with van der Waals surface area (Å²) in [7, 11) is 1.64. The number of nitrogens with two attached hydrogens (primary N) is 1. The van der Waals surface area contributed by atoms with E-state index in [0.29, 0.717) is 18.8 Å². The number of nitrogen functional groups attached to an aromatic ring is 1. The van der Waals surface area contributed by atoms with Crippen LogP contribution in [0.2, 0.25) is 0 Å². The monoisotopic (exact) mass is 287 g/mol. The molecule has 7 heteroatoms. The highest BCUT2D eigenvalue weighted by molar-refractivity contribution is 6.03. The van der Waals surface area contributed by atoms with Crippen LogP contribution in [0.3, 0.4) is 0 Å². The highest BCUT2D eigenvalue weighted by Gasteiger charge is 2.10. The fourth-order valence-corrected chi connectivity index (χ4v) is 1.79. The molecule has 1 aromatic heterocycles. The van der Waals surface area contributed by atoms with Crippen LogP contribution in [-0.2, 0) is 11.2 Å². The molecule has 0 fully saturated rings. The van der Waals surface area contributed by atoms with Crippen molar-refractivity contribution in [3.05, 3.63) is 47.7 Å². The second kappa shape index (κ2) is 7.32. The molecule has 0 aliphatic rings. The van der Waals surface area contributed by atoms with Gasteiger partial charge in [0.2, 0.25) is 0 Å². The van der Waals surface area contributed by atoms with Crippen molar-refractivity contribution in [2.24, 2.45) is 5.84 Å². The van der Waals surface area contributed by atoms with Gasteiger partial charge in [0.1, 0.15) is 0 Å². The van der Waals surface area contributed by atoms with E-state index in [1.165, 1.54) is 0 Å². The van der Waals surface area contributed by atoms with E-state index in [0.717, 1.165) is 11.3 Å². The van der Waals surface area contributed by atoms with Gasteiger partial charge >= 0.3 is 0 Å². The second-order valence-electron chi connectivity index (χ2n) is 4.30. The minimum atomic E-state index is -0.323. The highest BCUT2D eigenvalue weighted by Crippen LogP contribution is 2.16. The van der Waals surface area contributed by atoms with Crippen molar-refractivity contribution < 1.29 is 9.53 Å². The van der Waals surface area contributed by atoms with Crippen molar-refractivity contribution in [3.63, 3.8) is 0 Å². The maximum absolute atomic E-state index is 12.1. The molecule has 0 spiro atoms. The van der Waals surface area contributed by atoms with Gasteiger partial charge in [-0.1, -0.05) is 18.2 Å². The lowest BCUT2D eigenvalue weighted by atomic mass is 10.1. The average molecular weight is 287 g/mol. The molecule has 110 valence electrons. The highest BCUT2D eigenvalue weighted by atomic mass is 16.5. The number of hydrogen-bond donors (Lipinski definition) is 3. The van der Waals surface area contributed by atoms with Crippen molar-refractivity contribution in [2.45, 2.75) is 6.42 Å². The number of benzene rings is 1. The van der Waals surface area contributed by atoms with Gasteiger partial charge in [0, 0.05) is 12.8 Å². The van der Waals surface area contributed by atoms with E-state index in [1.807, 2.05) is 24.3 Å². The predicted molar refractivity (Wildman–Crippen MR) is 79.8 cm³/mol. The second-order valence-corrected chi connectivity index (χ2v) is 4.30. The number of carbonyl (C=O) groups is 1. The molecule has 21 heavy (non-hydrogen) atoms. The standard InChI is InChI=1S/C14H17N5O2/c1-21-9-8-10-4-2-3-5-11(10)16-14(20)12-6-7-13(17-15)19-18-12/h2-7H,8-9,15H2,1H3,(H,16,20)(H,17,19). The Balaban J connectivity index is 2.11. The zero-order valence-electron chi connectivity index (χ0n) is 11.7. The van der Waals surface area contributed by atoms with Gasteiger partial charge in [0.25, 0.3) is 5.91 Å². The molecule has 0 unspecified atom stereocenters. The lowest BCUT2D eigenvalue weighted by Gasteiger charge is -2.10. The third-order valence-electron chi connectivity index (χ3n) is 2.89. The van der Waals surface area contributed by atoms with Crippen molar-refractivity contribution in [1.82, 2.24) is 10.2 Å². The van der Waals surface area contributed by atoms with Crippen LogP contribution in [0.1, 0.15) is 16.1 Å². The molecule has 0 saturated carbocycles. The number of hydrogen-bond acceptors (Lipinski definition) is 6. The summed E-state index contributed by atoms with van der Waals surface area (Å²) in [5.74, 6) is 5.27. The number of methoxy groups -OCH3 is 1. The average Bonchev–Trinajstić information content (AvgIpc) is 2.54. The van der Waals surface area contributed by atoms with Crippen molar-refractivity contribution in [3.8, 4) is 0 Å². The molecular formula is C14H17N5O2. The summed E-state index contributed by atoms with van der Waals surface area (Å²) in [6.45, 7) is 0.587. The third kappa shape index (κ3) is 3.98. The van der Waals surface area contributed by atoms with Crippen LogP contribution in [-0.4, -0.2) is 29.8 Å². The number of para-hydroxylation sites is 1. The summed E-state index contributed by atoms with van der Waals surface area (Å²) in [4.78, 5) is 12.1. The molecule has 0 atom stereocenters.